The van der Waals surface area contributed by atoms with Crippen molar-refractivity contribution in [3.63, 3.8) is 0 Å². The van der Waals surface area contributed by atoms with Gasteiger partial charge in [0.25, 0.3) is 0 Å². The Morgan fingerprint density at radius 3 is 2.89 bits per heavy atom. The van der Waals surface area contributed by atoms with E-state index in [1.165, 1.54) is 0 Å². The molecule has 0 bridgehead atoms. The van der Waals surface area contributed by atoms with Crippen LogP contribution in [0.4, 0.5) is 0 Å². The van der Waals surface area contributed by atoms with Gasteiger partial charge in [0, 0.05) is 0 Å². The lowest BCUT2D eigenvalue weighted by molar-refractivity contribution is -0.107. The molecule has 0 aromatic carbocycles. The number of rotatable bonds is 5. The summed E-state index contributed by atoms with van der Waals surface area (Å²) in [5, 5.41) is 2.77. The molecule has 3 N–H and O–H groups in total. The molecule has 0 fully saturated rings. The van der Waals surface area contributed by atoms with Crippen molar-refractivity contribution in [3.05, 3.63) is 12.7 Å². The molecule has 0 aliphatic rings. The van der Waals surface area contributed by atoms with Crippen molar-refractivity contribution < 1.29 is 4.79 Å². The Hall–Kier alpha value is -0.670. The minimum Gasteiger partial charge on any atom is -0.316 e. The summed E-state index contributed by atoms with van der Waals surface area (Å²) in [5.41, 5.74) is 5.43. The first-order valence-corrected chi connectivity index (χ1v) is 2.84. The van der Waals surface area contributed by atoms with E-state index in [0.717, 1.165) is 6.29 Å². The van der Waals surface area contributed by atoms with Gasteiger partial charge in [-0.15, -0.1) is 6.58 Å². The van der Waals surface area contributed by atoms with Gasteiger partial charge in [-0.1, -0.05) is 6.08 Å². The van der Waals surface area contributed by atoms with Gasteiger partial charge in [0.15, 0.2) is 0 Å². The minimum atomic E-state index is -0.132. The van der Waals surface area contributed by atoms with Crippen molar-refractivity contribution in [1.29, 1.82) is 0 Å². The Morgan fingerprint density at radius 2 is 2.44 bits per heavy atom. The second-order valence-electron chi connectivity index (χ2n) is 1.71. The smallest absolute Gasteiger partial charge is 0.133 e. The fourth-order valence-corrected chi connectivity index (χ4v) is 0.462. The zero-order valence-corrected chi connectivity index (χ0v) is 5.34. The molecule has 0 radical (unpaired) electrons. The molecule has 9 heavy (non-hydrogen) atoms. The molecule has 0 spiro atoms. The maximum Gasteiger partial charge on any atom is 0.133 e. The number of aldehydes is 1. The fraction of sp³-hybridized carbons (Fsp3) is 0.500. The van der Waals surface area contributed by atoms with Crippen LogP contribution >= 0.6 is 0 Å². The summed E-state index contributed by atoms with van der Waals surface area (Å²) in [4.78, 5) is 9.77. The first-order chi connectivity index (χ1) is 4.31. The van der Waals surface area contributed by atoms with Crippen molar-refractivity contribution in [2.24, 2.45) is 5.73 Å². The second kappa shape index (κ2) is 5.47. The van der Waals surface area contributed by atoms with E-state index in [0.29, 0.717) is 13.0 Å². The molecular formula is C6H12N2O. The molecule has 3 heteroatoms. The summed E-state index contributed by atoms with van der Waals surface area (Å²) >= 11 is 0. The average Bonchev–Trinajstić information content (AvgIpc) is 1.85. The molecule has 3 nitrogen and oxygen atoms in total. The number of nitrogens with two attached hydrogens (primary N) is 1. The molecule has 1 unspecified atom stereocenters. The number of carbonyl (C=O) groups excluding carboxylic acids is 1. The first kappa shape index (κ1) is 8.33. The Morgan fingerprint density at radius 1 is 1.78 bits per heavy atom. The highest BCUT2D eigenvalue weighted by Crippen LogP contribution is 1.80. The maximum absolute atomic E-state index is 9.77. The average molecular weight is 128 g/mol. The van der Waals surface area contributed by atoms with Crippen LogP contribution in [0.3, 0.4) is 0 Å². The fourth-order valence-electron chi connectivity index (χ4n) is 0.462. The standard InChI is InChI=1S/C6H12N2O/c1-2-3-6(7)8-4-5-9/h2,5-6,8H,1,3-4,7H2. The van der Waals surface area contributed by atoms with Gasteiger partial charge in [-0.2, -0.15) is 0 Å². The third-order valence-electron chi connectivity index (χ3n) is 0.884. The van der Waals surface area contributed by atoms with Gasteiger partial charge in [-0.25, -0.2) is 0 Å². The lowest BCUT2D eigenvalue weighted by atomic mass is 10.3. The highest BCUT2D eigenvalue weighted by molar-refractivity contribution is 5.51. The summed E-state index contributed by atoms with van der Waals surface area (Å²) in [7, 11) is 0. The van der Waals surface area contributed by atoms with Crippen molar-refractivity contribution in [1.82, 2.24) is 5.32 Å². The molecule has 0 saturated carbocycles. The van der Waals surface area contributed by atoms with Gasteiger partial charge in [0.05, 0.1) is 12.7 Å². The zero-order valence-electron chi connectivity index (χ0n) is 5.34. The van der Waals surface area contributed by atoms with Gasteiger partial charge in [-0.05, 0) is 6.42 Å². The SMILES string of the molecule is C=CCC(N)NCC=O. The van der Waals surface area contributed by atoms with Crippen LogP contribution in [0.2, 0.25) is 0 Å². The lowest BCUT2D eigenvalue weighted by Gasteiger charge is -2.06. The Kier molecular flexibility index (Phi) is 5.06. The van der Waals surface area contributed by atoms with Crippen molar-refractivity contribution in [2.45, 2.75) is 12.6 Å². The van der Waals surface area contributed by atoms with Crippen LogP contribution in [-0.4, -0.2) is 19.0 Å². The Bertz CT molecular complexity index is 93.1. The molecule has 1 atom stereocenters. The van der Waals surface area contributed by atoms with Crippen molar-refractivity contribution >= 4 is 6.29 Å². The summed E-state index contributed by atoms with van der Waals surface area (Å²) < 4.78 is 0. The Balaban J connectivity index is 3.14. The van der Waals surface area contributed by atoms with Gasteiger partial charge < -0.3 is 10.5 Å². The molecule has 0 aromatic heterocycles. The number of carbonyl (C=O) groups is 1. The number of hydrogen-bond acceptors (Lipinski definition) is 3. The molecule has 0 rings (SSSR count). The van der Waals surface area contributed by atoms with Gasteiger partial charge in [-0.3, -0.25) is 5.32 Å². The predicted octanol–water partition coefficient (Wildman–Crippen LogP) is -0.364. The van der Waals surface area contributed by atoms with Crippen molar-refractivity contribution in [2.75, 3.05) is 6.54 Å². The molecular weight excluding hydrogens is 116 g/mol. The summed E-state index contributed by atoms with van der Waals surface area (Å²) in [5.74, 6) is 0. The van der Waals surface area contributed by atoms with Gasteiger partial charge in [0.1, 0.15) is 6.29 Å². The predicted molar refractivity (Wildman–Crippen MR) is 36.9 cm³/mol. The summed E-state index contributed by atoms with van der Waals surface area (Å²) in [6, 6.07) is 0. The normalized spacial score (nSPS) is 12.6. The van der Waals surface area contributed by atoms with Crippen LogP contribution in [0.25, 0.3) is 0 Å². The highest BCUT2D eigenvalue weighted by Gasteiger charge is 1.94. The van der Waals surface area contributed by atoms with E-state index in [1.54, 1.807) is 6.08 Å². The van der Waals surface area contributed by atoms with Crippen LogP contribution in [0.5, 0.6) is 0 Å². The van der Waals surface area contributed by atoms with E-state index in [4.69, 9.17) is 5.73 Å². The molecule has 0 heterocycles. The number of hydrogen-bond donors (Lipinski definition) is 2. The van der Waals surface area contributed by atoms with Crippen LogP contribution < -0.4 is 11.1 Å². The van der Waals surface area contributed by atoms with Crippen LogP contribution in [0, 0.1) is 0 Å². The van der Waals surface area contributed by atoms with E-state index in [2.05, 4.69) is 11.9 Å². The van der Waals surface area contributed by atoms with Gasteiger partial charge in [0.2, 0.25) is 0 Å². The highest BCUT2D eigenvalue weighted by atomic mass is 16.1. The van der Waals surface area contributed by atoms with E-state index < -0.39 is 0 Å². The second-order valence-corrected chi connectivity index (χ2v) is 1.71. The quantitative estimate of drug-likeness (QED) is 0.302. The van der Waals surface area contributed by atoms with Crippen molar-refractivity contribution in [3.8, 4) is 0 Å². The van der Waals surface area contributed by atoms with E-state index in [1.807, 2.05) is 0 Å². The zero-order chi connectivity index (χ0) is 7.11. The molecule has 0 saturated heterocycles. The molecule has 0 aromatic rings. The monoisotopic (exact) mass is 128 g/mol. The van der Waals surface area contributed by atoms with Crippen LogP contribution in [0.1, 0.15) is 6.42 Å². The first-order valence-electron chi connectivity index (χ1n) is 2.84. The Labute approximate surface area is 54.9 Å². The van der Waals surface area contributed by atoms with E-state index in [-0.39, 0.29) is 6.17 Å². The van der Waals surface area contributed by atoms with E-state index >= 15 is 0 Å². The molecule has 52 valence electrons. The topological polar surface area (TPSA) is 55.1 Å². The molecule has 0 aliphatic heterocycles. The third-order valence-corrected chi connectivity index (χ3v) is 0.884. The van der Waals surface area contributed by atoms with E-state index in [9.17, 15) is 4.79 Å². The van der Waals surface area contributed by atoms with Crippen LogP contribution in [0.15, 0.2) is 12.7 Å². The largest absolute Gasteiger partial charge is 0.316 e. The van der Waals surface area contributed by atoms with Gasteiger partial charge >= 0.3 is 0 Å². The summed E-state index contributed by atoms with van der Waals surface area (Å²) in [6.07, 6.45) is 3.05. The lowest BCUT2D eigenvalue weighted by Crippen LogP contribution is -2.37. The maximum atomic E-state index is 9.77. The third kappa shape index (κ3) is 5.20. The summed E-state index contributed by atoms with van der Waals surface area (Å²) in [6.45, 7) is 3.81. The minimum absolute atomic E-state index is 0.132. The van der Waals surface area contributed by atoms with Crippen LogP contribution in [-0.2, 0) is 4.79 Å². The molecule has 0 aliphatic carbocycles. The number of nitrogens with one attached hydrogen (secondary N) is 1. The molecule has 0 amide bonds.